The van der Waals surface area contributed by atoms with E-state index in [1.165, 1.54) is 12.1 Å². The molecule has 0 aliphatic heterocycles. The van der Waals surface area contributed by atoms with Crippen LogP contribution in [-0.2, 0) is 11.2 Å². The number of carbonyl (C=O) groups excluding carboxylic acids is 1. The van der Waals surface area contributed by atoms with Gasteiger partial charge in [0, 0.05) is 6.42 Å². The van der Waals surface area contributed by atoms with Crippen LogP contribution in [0.5, 0.6) is 0 Å². The largest absolute Gasteiger partial charge is 0.465 e. The van der Waals surface area contributed by atoms with E-state index in [4.69, 9.17) is 27.1 Å². The van der Waals surface area contributed by atoms with Gasteiger partial charge in [0.15, 0.2) is 5.78 Å². The zero-order valence-electron chi connectivity index (χ0n) is 9.81. The molecule has 0 aliphatic carbocycles. The number of halogens is 1. The van der Waals surface area contributed by atoms with Crippen LogP contribution in [0.25, 0.3) is 0 Å². The fraction of sp³-hybridized carbons (Fsp3) is 0.250. The van der Waals surface area contributed by atoms with E-state index in [9.17, 15) is 9.59 Å². The second-order valence-electron chi connectivity index (χ2n) is 3.74. The predicted octanol–water partition coefficient (Wildman–Crippen LogP) is 1.80. The van der Waals surface area contributed by atoms with Crippen molar-refractivity contribution in [1.29, 1.82) is 5.26 Å². The maximum absolute atomic E-state index is 11.0. The molecule has 0 radical (unpaired) electrons. The molecule has 19 heavy (non-hydrogen) atoms. The minimum atomic E-state index is -1.30. The molecule has 0 heterocycles. The van der Waals surface area contributed by atoms with Crippen LogP contribution >= 0.6 is 11.6 Å². The van der Waals surface area contributed by atoms with Crippen molar-refractivity contribution in [3.8, 4) is 6.07 Å². The lowest BCUT2D eigenvalue weighted by atomic mass is 10.0. The first kappa shape index (κ1) is 15.0. The van der Waals surface area contributed by atoms with Gasteiger partial charge < -0.3 is 10.2 Å². The van der Waals surface area contributed by atoms with Gasteiger partial charge in [-0.2, -0.15) is 5.26 Å². The molecular formula is C12H11ClN2O4. The quantitative estimate of drug-likeness (QED) is 0.762. The first-order chi connectivity index (χ1) is 8.97. The molecule has 0 bridgehead atoms. The Morgan fingerprint density at radius 2 is 2.11 bits per heavy atom. The second-order valence-corrected chi connectivity index (χ2v) is 4.11. The summed E-state index contributed by atoms with van der Waals surface area (Å²) in [6, 6.07) is 4.68. The molecule has 100 valence electrons. The number of Topliss-reactive ketones (excluding diaryl/α,β-unsaturated/α-hetero) is 1. The van der Waals surface area contributed by atoms with Crippen LogP contribution in [0.2, 0.25) is 5.02 Å². The number of aliphatic hydroxyl groups excluding tert-OH is 1. The first-order valence-electron chi connectivity index (χ1n) is 5.33. The number of amides is 1. The molecule has 0 spiro atoms. The van der Waals surface area contributed by atoms with Crippen molar-refractivity contribution in [1.82, 2.24) is 0 Å². The number of benzene rings is 1. The molecule has 0 aromatic heterocycles. The number of nitrogens with one attached hydrogen (secondary N) is 1. The molecule has 0 atom stereocenters. The Morgan fingerprint density at radius 3 is 2.63 bits per heavy atom. The molecule has 1 amide bonds. The summed E-state index contributed by atoms with van der Waals surface area (Å²) in [5, 5.41) is 28.4. The van der Waals surface area contributed by atoms with E-state index < -0.39 is 12.7 Å². The van der Waals surface area contributed by atoms with E-state index in [-0.39, 0.29) is 34.9 Å². The van der Waals surface area contributed by atoms with E-state index in [1.807, 2.05) is 6.07 Å². The number of anilines is 1. The second kappa shape index (κ2) is 6.73. The lowest BCUT2D eigenvalue weighted by Gasteiger charge is -2.10. The van der Waals surface area contributed by atoms with Gasteiger partial charge in [-0.1, -0.05) is 11.6 Å². The highest BCUT2D eigenvalue weighted by Gasteiger charge is 2.12. The lowest BCUT2D eigenvalue weighted by Crippen LogP contribution is -2.10. The van der Waals surface area contributed by atoms with Gasteiger partial charge in [0.05, 0.1) is 22.3 Å². The molecule has 0 fully saturated rings. The fourth-order valence-electron chi connectivity index (χ4n) is 1.49. The monoisotopic (exact) mass is 282 g/mol. The van der Waals surface area contributed by atoms with Crippen molar-refractivity contribution in [2.24, 2.45) is 0 Å². The summed E-state index contributed by atoms with van der Waals surface area (Å²) < 4.78 is 0. The normalized spacial score (nSPS) is 9.74. The molecule has 1 aromatic rings. The van der Waals surface area contributed by atoms with Gasteiger partial charge >= 0.3 is 6.09 Å². The Balaban J connectivity index is 3.05. The van der Waals surface area contributed by atoms with E-state index in [2.05, 4.69) is 5.32 Å². The van der Waals surface area contributed by atoms with Gasteiger partial charge in [-0.25, -0.2) is 4.79 Å². The molecule has 3 N–H and O–H groups in total. The fourth-order valence-corrected chi connectivity index (χ4v) is 1.74. The minimum absolute atomic E-state index is 0.0671. The lowest BCUT2D eigenvalue weighted by molar-refractivity contribution is -0.121. The minimum Gasteiger partial charge on any atom is -0.465 e. The van der Waals surface area contributed by atoms with Gasteiger partial charge in [0.1, 0.15) is 6.61 Å². The maximum Gasteiger partial charge on any atom is 0.409 e. The molecule has 1 aromatic carbocycles. The average molecular weight is 283 g/mol. The van der Waals surface area contributed by atoms with Crippen molar-refractivity contribution in [3.05, 3.63) is 28.3 Å². The summed E-state index contributed by atoms with van der Waals surface area (Å²) in [6.07, 6.45) is -1.01. The summed E-state index contributed by atoms with van der Waals surface area (Å²) in [4.78, 5) is 21.7. The number of carboxylic acid groups (broad SMARTS) is 1. The van der Waals surface area contributed by atoms with Gasteiger partial charge in [-0.15, -0.1) is 0 Å². The number of rotatable bonds is 5. The van der Waals surface area contributed by atoms with Crippen LogP contribution in [0.3, 0.4) is 0 Å². The van der Waals surface area contributed by atoms with Crippen LogP contribution in [0.15, 0.2) is 12.1 Å². The Kier molecular flexibility index (Phi) is 5.30. The summed E-state index contributed by atoms with van der Waals surface area (Å²) in [6.45, 7) is -0.560. The standard InChI is InChI=1S/C12H11ClN2O4/c13-11-8(1-2-9(17)6-16)3-7(5-14)4-10(11)15-12(18)19/h3-4,15-16H,1-2,6H2,(H,18,19). The SMILES string of the molecule is N#Cc1cc(CCC(=O)CO)c(Cl)c(NC(=O)O)c1. The summed E-state index contributed by atoms with van der Waals surface area (Å²) in [7, 11) is 0. The Labute approximate surface area is 114 Å². The van der Waals surface area contributed by atoms with E-state index in [1.54, 1.807) is 0 Å². The number of nitrogens with zero attached hydrogens (tertiary/aromatic N) is 1. The van der Waals surface area contributed by atoms with Gasteiger partial charge in [-0.3, -0.25) is 10.1 Å². The topological polar surface area (TPSA) is 110 Å². The van der Waals surface area contributed by atoms with E-state index >= 15 is 0 Å². The number of aliphatic hydroxyl groups is 1. The third kappa shape index (κ3) is 4.25. The average Bonchev–Trinajstić information content (AvgIpc) is 2.38. The van der Waals surface area contributed by atoms with Crippen LogP contribution in [0, 0.1) is 11.3 Å². The Bertz CT molecular complexity index is 551. The van der Waals surface area contributed by atoms with Crippen molar-refractivity contribution >= 4 is 29.2 Å². The number of carbonyl (C=O) groups is 2. The molecule has 0 saturated heterocycles. The predicted molar refractivity (Wildman–Crippen MR) is 68.2 cm³/mol. The van der Waals surface area contributed by atoms with Crippen LogP contribution < -0.4 is 5.32 Å². The molecule has 6 nitrogen and oxygen atoms in total. The summed E-state index contributed by atoms with van der Waals surface area (Å²) in [5.74, 6) is -0.355. The van der Waals surface area contributed by atoms with Crippen LogP contribution in [0.1, 0.15) is 17.5 Å². The molecule has 0 unspecified atom stereocenters. The molecule has 0 aliphatic rings. The van der Waals surface area contributed by atoms with Gasteiger partial charge in [0.25, 0.3) is 0 Å². The van der Waals surface area contributed by atoms with Gasteiger partial charge in [-0.05, 0) is 24.1 Å². The molecular weight excluding hydrogens is 272 g/mol. The number of nitriles is 1. The zero-order chi connectivity index (χ0) is 14.4. The molecule has 0 saturated carbocycles. The highest BCUT2D eigenvalue weighted by Crippen LogP contribution is 2.28. The maximum atomic E-state index is 11.0. The molecule has 7 heteroatoms. The highest BCUT2D eigenvalue weighted by molar-refractivity contribution is 6.34. The number of aryl methyl sites for hydroxylation is 1. The Morgan fingerprint density at radius 1 is 1.42 bits per heavy atom. The van der Waals surface area contributed by atoms with Crippen molar-refractivity contribution < 1.29 is 19.8 Å². The van der Waals surface area contributed by atoms with Crippen LogP contribution in [0.4, 0.5) is 10.5 Å². The highest BCUT2D eigenvalue weighted by atomic mass is 35.5. The number of ketones is 1. The summed E-state index contributed by atoms with van der Waals surface area (Å²) >= 11 is 6.00. The summed E-state index contributed by atoms with van der Waals surface area (Å²) in [5.41, 5.74) is 0.811. The van der Waals surface area contributed by atoms with Crippen molar-refractivity contribution in [2.45, 2.75) is 12.8 Å². The number of hydrogen-bond donors (Lipinski definition) is 3. The molecule has 1 rings (SSSR count). The Hall–Kier alpha value is -2.10. The van der Waals surface area contributed by atoms with Gasteiger partial charge in [0.2, 0.25) is 0 Å². The zero-order valence-corrected chi connectivity index (χ0v) is 10.6. The van der Waals surface area contributed by atoms with E-state index in [0.29, 0.717) is 5.56 Å². The first-order valence-corrected chi connectivity index (χ1v) is 5.70. The number of hydrogen-bond acceptors (Lipinski definition) is 4. The smallest absolute Gasteiger partial charge is 0.409 e. The third-order valence-corrected chi connectivity index (χ3v) is 2.81. The van der Waals surface area contributed by atoms with Crippen molar-refractivity contribution in [3.63, 3.8) is 0 Å². The van der Waals surface area contributed by atoms with Crippen molar-refractivity contribution in [2.75, 3.05) is 11.9 Å². The van der Waals surface area contributed by atoms with Crippen LogP contribution in [-0.4, -0.2) is 28.7 Å². The van der Waals surface area contributed by atoms with E-state index in [0.717, 1.165) is 0 Å². The third-order valence-electron chi connectivity index (χ3n) is 2.37.